The minimum Gasteiger partial charge on any atom is -0.394 e. The van der Waals surface area contributed by atoms with Gasteiger partial charge in [0, 0.05) is 53.7 Å². The van der Waals surface area contributed by atoms with Gasteiger partial charge in [-0.2, -0.15) is 5.10 Å². The molecule has 4 aromatic heterocycles. The number of thiophene rings is 1. The fraction of sp³-hybridized carbons (Fsp3) is 0.417. The number of aryl methyl sites for hydroxylation is 2. The number of fused-ring (bicyclic) bond motifs is 3. The van der Waals surface area contributed by atoms with E-state index in [0.29, 0.717) is 12.5 Å². The van der Waals surface area contributed by atoms with E-state index < -0.39 is 0 Å². The molecule has 1 saturated heterocycles. The molecule has 1 N–H and O–H groups in total. The van der Waals surface area contributed by atoms with Crippen molar-refractivity contribution >= 4 is 27.4 Å². The van der Waals surface area contributed by atoms with Crippen molar-refractivity contribution < 1.29 is 5.11 Å². The molecule has 0 atom stereocenters. The number of aromatic nitrogens is 5. The molecule has 0 radical (unpaired) electrons. The van der Waals surface area contributed by atoms with Gasteiger partial charge in [-0.05, 0) is 55.9 Å². The predicted molar refractivity (Wildman–Crippen MR) is 126 cm³/mol. The summed E-state index contributed by atoms with van der Waals surface area (Å²) in [6, 6.07) is 6.08. The molecule has 7 nitrogen and oxygen atoms in total. The van der Waals surface area contributed by atoms with Crippen LogP contribution in [0.1, 0.15) is 41.3 Å². The highest BCUT2D eigenvalue weighted by atomic mass is 32.1. The van der Waals surface area contributed by atoms with Crippen LogP contribution in [-0.4, -0.2) is 49.5 Å². The Hall–Kier alpha value is -2.84. The molecule has 0 spiro atoms. The normalized spacial score (nSPS) is 16.7. The molecular formula is C24H26N6OS. The third-order valence-electron chi connectivity index (χ3n) is 6.74. The average Bonchev–Trinajstić information content (AvgIpc) is 3.56. The molecule has 0 amide bonds. The van der Waals surface area contributed by atoms with Crippen LogP contribution in [0.3, 0.4) is 0 Å². The first kappa shape index (κ1) is 19.8. The number of piperidine rings is 1. The number of nitrogens with zero attached hydrogens (tertiary/aromatic N) is 6. The van der Waals surface area contributed by atoms with E-state index in [2.05, 4.69) is 21.0 Å². The van der Waals surface area contributed by atoms with E-state index in [1.54, 1.807) is 6.20 Å². The molecule has 164 valence electrons. The molecule has 0 aromatic carbocycles. The highest BCUT2D eigenvalue weighted by Crippen LogP contribution is 2.42. The van der Waals surface area contributed by atoms with Crippen molar-refractivity contribution in [2.24, 2.45) is 0 Å². The van der Waals surface area contributed by atoms with E-state index in [1.165, 1.54) is 27.9 Å². The van der Waals surface area contributed by atoms with Crippen LogP contribution in [-0.2, 0) is 19.4 Å². The van der Waals surface area contributed by atoms with Gasteiger partial charge in [-0.25, -0.2) is 9.97 Å². The van der Waals surface area contributed by atoms with Gasteiger partial charge in [0.2, 0.25) is 0 Å². The Labute approximate surface area is 190 Å². The summed E-state index contributed by atoms with van der Waals surface area (Å²) in [6.07, 6.45) is 11.1. The highest BCUT2D eigenvalue weighted by Gasteiger charge is 2.29. The van der Waals surface area contributed by atoms with Gasteiger partial charge in [0.05, 0.1) is 18.5 Å². The number of hydrogen-bond acceptors (Lipinski definition) is 7. The number of anilines is 1. The Morgan fingerprint density at radius 1 is 1.09 bits per heavy atom. The molecule has 0 unspecified atom stereocenters. The van der Waals surface area contributed by atoms with E-state index in [0.717, 1.165) is 60.8 Å². The lowest BCUT2D eigenvalue weighted by molar-refractivity contribution is 0.265. The van der Waals surface area contributed by atoms with Crippen molar-refractivity contribution in [3.05, 3.63) is 52.9 Å². The Morgan fingerprint density at radius 3 is 2.81 bits per heavy atom. The molecule has 0 bridgehead atoms. The van der Waals surface area contributed by atoms with Gasteiger partial charge in [-0.1, -0.05) is 0 Å². The van der Waals surface area contributed by atoms with E-state index in [-0.39, 0.29) is 6.61 Å². The Kier molecular flexibility index (Phi) is 5.11. The highest BCUT2D eigenvalue weighted by molar-refractivity contribution is 7.19. The molecule has 8 heteroatoms. The summed E-state index contributed by atoms with van der Waals surface area (Å²) in [5.41, 5.74) is 3.67. The quantitative estimate of drug-likeness (QED) is 0.502. The lowest BCUT2D eigenvalue weighted by atomic mass is 9.93. The number of rotatable bonds is 5. The average molecular weight is 447 g/mol. The molecule has 6 rings (SSSR count). The van der Waals surface area contributed by atoms with Gasteiger partial charge in [0.25, 0.3) is 0 Å². The maximum Gasteiger partial charge on any atom is 0.164 e. The summed E-state index contributed by atoms with van der Waals surface area (Å²) in [5.74, 6) is 2.32. The van der Waals surface area contributed by atoms with Crippen LogP contribution in [0.4, 0.5) is 5.82 Å². The van der Waals surface area contributed by atoms with Crippen molar-refractivity contribution in [3.63, 3.8) is 0 Å². The zero-order valence-corrected chi connectivity index (χ0v) is 18.8. The molecule has 1 fully saturated rings. The SMILES string of the molecule is OCCn1nccc1C1CCN(c2nc(-c3cccnc3)nc3sc4c(c23)CCC4)CC1. The van der Waals surface area contributed by atoms with Crippen LogP contribution < -0.4 is 4.90 Å². The predicted octanol–water partition coefficient (Wildman–Crippen LogP) is 3.81. The molecule has 2 aliphatic rings. The van der Waals surface area contributed by atoms with Crippen LogP contribution in [0, 0.1) is 0 Å². The Bertz CT molecular complexity index is 1240. The molecule has 5 heterocycles. The minimum absolute atomic E-state index is 0.118. The van der Waals surface area contributed by atoms with Crippen LogP contribution in [0.2, 0.25) is 0 Å². The molecule has 32 heavy (non-hydrogen) atoms. The number of aliphatic hydroxyl groups excluding tert-OH is 1. The zero-order valence-electron chi connectivity index (χ0n) is 17.9. The Morgan fingerprint density at radius 2 is 2.00 bits per heavy atom. The van der Waals surface area contributed by atoms with Gasteiger partial charge >= 0.3 is 0 Å². The summed E-state index contributed by atoms with van der Waals surface area (Å²) < 4.78 is 1.95. The van der Waals surface area contributed by atoms with Gasteiger partial charge in [0.1, 0.15) is 10.6 Å². The summed E-state index contributed by atoms with van der Waals surface area (Å²) in [7, 11) is 0. The maximum absolute atomic E-state index is 9.34. The third-order valence-corrected chi connectivity index (χ3v) is 7.92. The first-order valence-corrected chi connectivity index (χ1v) is 12.2. The third kappa shape index (κ3) is 3.38. The van der Waals surface area contributed by atoms with Gasteiger partial charge in [-0.15, -0.1) is 11.3 Å². The summed E-state index contributed by atoms with van der Waals surface area (Å²) in [4.78, 5) is 19.4. The second-order valence-electron chi connectivity index (χ2n) is 8.61. The van der Waals surface area contributed by atoms with Gasteiger partial charge in [-0.3, -0.25) is 9.67 Å². The first-order chi connectivity index (χ1) is 15.8. The smallest absolute Gasteiger partial charge is 0.164 e. The number of hydrogen-bond donors (Lipinski definition) is 1. The van der Waals surface area contributed by atoms with Crippen LogP contribution >= 0.6 is 11.3 Å². The largest absolute Gasteiger partial charge is 0.394 e. The standard InChI is InChI=1S/C24H26N6OS/c31-14-13-30-19(6-10-26-30)16-7-11-29(12-8-16)23-21-18-4-1-5-20(18)32-24(21)28-22(27-23)17-3-2-9-25-15-17/h2-3,6,9-10,15-16,31H,1,4-5,7-8,11-14H2. The summed E-state index contributed by atoms with van der Waals surface area (Å²) in [6.45, 7) is 2.59. The number of pyridine rings is 1. The van der Waals surface area contributed by atoms with Crippen LogP contribution in [0.5, 0.6) is 0 Å². The molecule has 1 aliphatic carbocycles. The fourth-order valence-corrected chi connectivity index (χ4v) is 6.44. The second-order valence-corrected chi connectivity index (χ2v) is 9.70. The van der Waals surface area contributed by atoms with E-state index in [1.807, 2.05) is 40.5 Å². The lowest BCUT2D eigenvalue weighted by Crippen LogP contribution is -2.34. The lowest BCUT2D eigenvalue weighted by Gasteiger charge is -2.33. The van der Waals surface area contributed by atoms with E-state index in [4.69, 9.17) is 9.97 Å². The minimum atomic E-state index is 0.118. The first-order valence-electron chi connectivity index (χ1n) is 11.4. The zero-order chi connectivity index (χ0) is 21.5. The van der Waals surface area contributed by atoms with Gasteiger partial charge < -0.3 is 10.0 Å². The molecular weight excluding hydrogens is 420 g/mol. The fourth-order valence-electron chi connectivity index (χ4n) is 5.19. The summed E-state index contributed by atoms with van der Waals surface area (Å²) >= 11 is 1.85. The second kappa shape index (κ2) is 8.26. The van der Waals surface area contributed by atoms with E-state index >= 15 is 0 Å². The Balaban J connectivity index is 1.35. The maximum atomic E-state index is 9.34. The topological polar surface area (TPSA) is 80.0 Å². The van der Waals surface area contributed by atoms with Crippen molar-refractivity contribution in [3.8, 4) is 11.4 Å². The molecule has 0 saturated carbocycles. The monoisotopic (exact) mass is 446 g/mol. The summed E-state index contributed by atoms with van der Waals surface area (Å²) in [5, 5.41) is 15.0. The van der Waals surface area contributed by atoms with Crippen molar-refractivity contribution in [2.75, 3.05) is 24.6 Å². The number of aliphatic hydroxyl groups is 1. The van der Waals surface area contributed by atoms with Crippen molar-refractivity contribution in [1.29, 1.82) is 0 Å². The van der Waals surface area contributed by atoms with Crippen LogP contribution in [0.25, 0.3) is 21.6 Å². The van der Waals surface area contributed by atoms with E-state index in [9.17, 15) is 5.11 Å². The van der Waals surface area contributed by atoms with Crippen molar-refractivity contribution in [2.45, 2.75) is 44.6 Å². The van der Waals surface area contributed by atoms with Gasteiger partial charge in [0.15, 0.2) is 5.82 Å². The molecule has 1 aliphatic heterocycles. The molecule has 4 aromatic rings. The van der Waals surface area contributed by atoms with Crippen LogP contribution in [0.15, 0.2) is 36.8 Å². The van der Waals surface area contributed by atoms with Crippen molar-refractivity contribution in [1.82, 2.24) is 24.7 Å².